The Kier molecular flexibility index (Phi) is 4.61. The largest absolute Gasteiger partial charge is 0.369 e. The maximum atomic E-state index is 11.0. The monoisotopic (exact) mass is 308 g/mol. The van der Waals surface area contributed by atoms with E-state index in [2.05, 4.69) is 41.5 Å². The van der Waals surface area contributed by atoms with Gasteiger partial charge in [-0.3, -0.25) is 4.79 Å². The molecule has 2 rings (SSSR count). The van der Waals surface area contributed by atoms with Gasteiger partial charge in [0, 0.05) is 5.69 Å². The number of primary amides is 1. The molecule has 1 aromatic heterocycles. The fourth-order valence-corrected chi connectivity index (χ4v) is 3.33. The Morgan fingerprint density at radius 2 is 2.10 bits per heavy atom. The highest BCUT2D eigenvalue weighted by Crippen LogP contribution is 2.30. The molecule has 0 radical (unpaired) electrons. The third-order valence-electron chi connectivity index (χ3n) is 2.84. The summed E-state index contributed by atoms with van der Waals surface area (Å²) in [7, 11) is 0. The molecule has 1 amide bonds. The van der Waals surface area contributed by atoms with Gasteiger partial charge in [-0.1, -0.05) is 29.2 Å². The lowest BCUT2D eigenvalue weighted by atomic mass is 10.1. The fraction of sp³-hybridized carbons (Fsp3) is 0.308. The number of aromatic nitrogens is 2. The van der Waals surface area contributed by atoms with Gasteiger partial charge in [-0.25, -0.2) is 0 Å². The van der Waals surface area contributed by atoms with E-state index in [4.69, 9.17) is 5.73 Å². The van der Waals surface area contributed by atoms with E-state index in [-0.39, 0.29) is 11.2 Å². The molecule has 3 N–H and O–H groups in total. The molecule has 0 saturated heterocycles. The highest BCUT2D eigenvalue weighted by Gasteiger charge is 2.14. The van der Waals surface area contributed by atoms with Crippen LogP contribution < -0.4 is 11.1 Å². The normalized spacial score (nSPS) is 12.2. The summed E-state index contributed by atoms with van der Waals surface area (Å²) in [5.74, 6) is -0.353. The van der Waals surface area contributed by atoms with E-state index in [9.17, 15) is 4.79 Å². The summed E-state index contributed by atoms with van der Waals surface area (Å²) in [4.78, 5) is 11.0. The second-order valence-electron chi connectivity index (χ2n) is 4.46. The number of carbonyl (C=O) groups is 1. The zero-order valence-corrected chi connectivity index (χ0v) is 13.1. The summed E-state index contributed by atoms with van der Waals surface area (Å²) in [6.45, 7) is 5.89. The van der Waals surface area contributed by atoms with Crippen LogP contribution in [0.1, 0.15) is 18.1 Å². The van der Waals surface area contributed by atoms with Crippen molar-refractivity contribution in [3.05, 3.63) is 29.3 Å². The summed E-state index contributed by atoms with van der Waals surface area (Å²) >= 11 is 2.72. The second-order valence-corrected chi connectivity index (χ2v) is 7.03. The smallest absolute Gasteiger partial charge is 0.230 e. The van der Waals surface area contributed by atoms with Crippen molar-refractivity contribution in [1.82, 2.24) is 10.2 Å². The zero-order valence-electron chi connectivity index (χ0n) is 11.5. The topological polar surface area (TPSA) is 80.9 Å². The summed E-state index contributed by atoms with van der Waals surface area (Å²) in [5, 5.41) is 11.7. The first-order valence-corrected chi connectivity index (χ1v) is 7.79. The number of carbonyl (C=O) groups excluding carboxylic acids is 1. The average Bonchev–Trinajstić information content (AvgIpc) is 2.81. The number of thioether (sulfide) groups is 1. The second kappa shape index (κ2) is 6.23. The highest BCUT2D eigenvalue weighted by atomic mass is 32.2. The molecular weight excluding hydrogens is 292 g/mol. The highest BCUT2D eigenvalue weighted by molar-refractivity contribution is 8.02. The molecule has 2 aromatic rings. The Hall–Kier alpha value is -1.60. The third kappa shape index (κ3) is 3.71. The van der Waals surface area contributed by atoms with E-state index in [1.807, 2.05) is 6.07 Å². The van der Waals surface area contributed by atoms with Gasteiger partial charge in [0.1, 0.15) is 0 Å². The van der Waals surface area contributed by atoms with Crippen molar-refractivity contribution in [3.8, 4) is 0 Å². The van der Waals surface area contributed by atoms with Gasteiger partial charge in [-0.05, 0) is 44.0 Å². The maximum absolute atomic E-state index is 11.0. The molecule has 1 heterocycles. The van der Waals surface area contributed by atoms with Crippen molar-refractivity contribution in [2.75, 3.05) is 5.32 Å². The number of amides is 1. The van der Waals surface area contributed by atoms with Crippen molar-refractivity contribution in [1.29, 1.82) is 0 Å². The molecule has 0 aliphatic heterocycles. The van der Waals surface area contributed by atoms with E-state index >= 15 is 0 Å². The molecule has 1 atom stereocenters. The van der Waals surface area contributed by atoms with Crippen LogP contribution in [-0.4, -0.2) is 21.4 Å². The van der Waals surface area contributed by atoms with Gasteiger partial charge in [0.2, 0.25) is 11.0 Å². The first-order valence-electron chi connectivity index (χ1n) is 6.09. The SMILES string of the molecule is Cc1ccc(Nc2nnc(S[C@@H](C)C(N)=O)s2)cc1C. The number of nitrogens with one attached hydrogen (secondary N) is 1. The number of nitrogens with zero attached hydrogens (tertiary/aromatic N) is 2. The van der Waals surface area contributed by atoms with E-state index in [0.717, 1.165) is 10.0 Å². The van der Waals surface area contributed by atoms with Gasteiger partial charge in [0.05, 0.1) is 5.25 Å². The molecule has 1 aromatic carbocycles. The number of nitrogens with two attached hydrogens (primary N) is 1. The Labute approximate surface area is 126 Å². The molecule has 0 saturated carbocycles. The average molecular weight is 308 g/mol. The van der Waals surface area contributed by atoms with Gasteiger partial charge in [-0.15, -0.1) is 10.2 Å². The number of aryl methyl sites for hydroxylation is 2. The van der Waals surface area contributed by atoms with E-state index in [1.165, 1.54) is 34.2 Å². The van der Waals surface area contributed by atoms with Gasteiger partial charge in [0.25, 0.3) is 0 Å². The quantitative estimate of drug-likeness (QED) is 0.830. The molecule has 106 valence electrons. The van der Waals surface area contributed by atoms with E-state index in [1.54, 1.807) is 6.92 Å². The molecule has 7 heteroatoms. The van der Waals surface area contributed by atoms with Crippen LogP contribution in [0.3, 0.4) is 0 Å². The van der Waals surface area contributed by atoms with Crippen molar-refractivity contribution in [3.63, 3.8) is 0 Å². The zero-order chi connectivity index (χ0) is 14.7. The first-order chi connectivity index (χ1) is 9.45. The Balaban J connectivity index is 2.05. The van der Waals surface area contributed by atoms with Crippen LogP contribution in [0.15, 0.2) is 22.5 Å². The number of rotatable bonds is 5. The minimum absolute atomic E-state index is 0.308. The lowest BCUT2D eigenvalue weighted by Gasteiger charge is -2.05. The van der Waals surface area contributed by atoms with Crippen LogP contribution in [-0.2, 0) is 4.79 Å². The molecule has 20 heavy (non-hydrogen) atoms. The number of hydrogen-bond donors (Lipinski definition) is 2. The number of hydrogen-bond acceptors (Lipinski definition) is 6. The standard InChI is InChI=1S/C13H16N4OS2/c1-7-4-5-10(6-8(7)2)15-12-16-17-13(20-12)19-9(3)11(14)18/h4-6,9H,1-3H3,(H2,14,18)(H,15,16)/t9-/m0/s1. The predicted octanol–water partition coefficient (Wildman–Crippen LogP) is 2.86. The number of benzene rings is 1. The molecule has 0 fully saturated rings. The molecule has 0 aliphatic rings. The summed E-state index contributed by atoms with van der Waals surface area (Å²) in [5.41, 5.74) is 8.67. The predicted molar refractivity (Wildman–Crippen MR) is 83.6 cm³/mol. The first kappa shape index (κ1) is 14.8. The van der Waals surface area contributed by atoms with Crippen LogP contribution >= 0.6 is 23.1 Å². The Morgan fingerprint density at radius 3 is 2.75 bits per heavy atom. The molecule has 5 nitrogen and oxygen atoms in total. The van der Waals surface area contributed by atoms with Crippen molar-refractivity contribution in [2.45, 2.75) is 30.4 Å². The summed E-state index contributed by atoms with van der Waals surface area (Å²) in [6.07, 6.45) is 0. The minimum atomic E-state index is -0.353. The molecular formula is C13H16N4OS2. The van der Waals surface area contributed by atoms with Gasteiger partial charge in [-0.2, -0.15) is 0 Å². The van der Waals surface area contributed by atoms with Crippen molar-refractivity contribution in [2.24, 2.45) is 5.73 Å². The van der Waals surface area contributed by atoms with Crippen molar-refractivity contribution < 1.29 is 4.79 Å². The Morgan fingerprint density at radius 1 is 1.35 bits per heavy atom. The lowest BCUT2D eigenvalue weighted by molar-refractivity contribution is -0.117. The molecule has 0 aliphatic carbocycles. The van der Waals surface area contributed by atoms with Gasteiger partial charge in [0.15, 0.2) is 4.34 Å². The molecule has 0 bridgehead atoms. The Bertz CT molecular complexity index is 627. The van der Waals surface area contributed by atoms with Crippen LogP contribution in [0, 0.1) is 13.8 Å². The fourth-order valence-electron chi connectivity index (χ4n) is 1.46. The third-order valence-corrected chi connectivity index (χ3v) is 4.88. The molecule has 0 unspecified atom stereocenters. The van der Waals surface area contributed by atoms with E-state index < -0.39 is 0 Å². The van der Waals surface area contributed by atoms with Gasteiger partial charge >= 0.3 is 0 Å². The van der Waals surface area contributed by atoms with Crippen LogP contribution in [0.2, 0.25) is 0 Å². The van der Waals surface area contributed by atoms with Crippen LogP contribution in [0.5, 0.6) is 0 Å². The van der Waals surface area contributed by atoms with Crippen molar-refractivity contribution >= 4 is 39.8 Å². The maximum Gasteiger partial charge on any atom is 0.230 e. The summed E-state index contributed by atoms with van der Waals surface area (Å²) < 4.78 is 0.725. The molecule has 0 spiro atoms. The number of anilines is 2. The minimum Gasteiger partial charge on any atom is -0.369 e. The summed E-state index contributed by atoms with van der Waals surface area (Å²) in [6, 6.07) is 6.13. The van der Waals surface area contributed by atoms with Crippen LogP contribution in [0.25, 0.3) is 0 Å². The van der Waals surface area contributed by atoms with Gasteiger partial charge < -0.3 is 11.1 Å². The lowest BCUT2D eigenvalue weighted by Crippen LogP contribution is -2.22. The van der Waals surface area contributed by atoms with E-state index in [0.29, 0.717) is 5.13 Å². The van der Waals surface area contributed by atoms with Crippen LogP contribution in [0.4, 0.5) is 10.8 Å².